The van der Waals surface area contributed by atoms with Crippen LogP contribution in [0, 0.1) is 12.3 Å². The van der Waals surface area contributed by atoms with Crippen LogP contribution in [0.3, 0.4) is 0 Å². The van der Waals surface area contributed by atoms with Crippen LogP contribution in [-0.4, -0.2) is 36.7 Å². The summed E-state index contributed by atoms with van der Waals surface area (Å²) >= 11 is 0. The minimum absolute atomic E-state index is 0.146. The molecule has 0 fully saturated rings. The quantitative estimate of drug-likeness (QED) is 0.634. The number of allylic oxidation sites excluding steroid dienone is 4. The van der Waals surface area contributed by atoms with E-state index in [1.54, 1.807) is 7.11 Å². The van der Waals surface area contributed by atoms with Gasteiger partial charge in [-0.25, -0.2) is 0 Å². The second-order valence-electron chi connectivity index (χ2n) is 8.26. The van der Waals surface area contributed by atoms with Crippen molar-refractivity contribution >= 4 is 11.6 Å². The maximum Gasteiger partial charge on any atom is 0.162 e. The molecule has 1 aliphatic heterocycles. The summed E-state index contributed by atoms with van der Waals surface area (Å²) in [4.78, 5) is 28.7. The molecule has 0 saturated carbocycles. The Morgan fingerprint density at radius 2 is 1.68 bits per heavy atom. The summed E-state index contributed by atoms with van der Waals surface area (Å²) in [5, 5.41) is 0. The summed E-state index contributed by atoms with van der Waals surface area (Å²) in [5.74, 6) is 3.55. The van der Waals surface area contributed by atoms with Crippen LogP contribution >= 0.6 is 0 Å². The lowest BCUT2D eigenvalue weighted by Crippen LogP contribution is -2.39. The summed E-state index contributed by atoms with van der Waals surface area (Å²) in [6.07, 6.45) is 10.8. The third kappa shape index (κ3) is 3.76. The first kappa shape index (κ1) is 21.2. The van der Waals surface area contributed by atoms with Crippen LogP contribution in [0.5, 0.6) is 11.5 Å². The fourth-order valence-corrected chi connectivity index (χ4v) is 5.15. The maximum atomic E-state index is 13.2. The Labute approximate surface area is 184 Å². The van der Waals surface area contributed by atoms with Gasteiger partial charge in [-0.3, -0.25) is 9.59 Å². The van der Waals surface area contributed by atoms with Crippen LogP contribution in [0.15, 0.2) is 40.7 Å². The summed E-state index contributed by atoms with van der Waals surface area (Å²) < 4.78 is 11.2. The first-order valence-electron chi connectivity index (χ1n) is 11.1. The molecule has 5 heteroatoms. The van der Waals surface area contributed by atoms with E-state index in [9.17, 15) is 9.59 Å². The zero-order valence-corrected chi connectivity index (χ0v) is 18.3. The number of ketones is 2. The molecule has 0 amide bonds. The second kappa shape index (κ2) is 9.01. The number of carbonyl (C=O) groups is 2. The highest BCUT2D eigenvalue weighted by atomic mass is 16.5. The zero-order valence-electron chi connectivity index (χ0n) is 18.3. The van der Waals surface area contributed by atoms with Gasteiger partial charge < -0.3 is 14.4 Å². The van der Waals surface area contributed by atoms with Crippen molar-refractivity contribution in [3.05, 3.63) is 46.3 Å². The normalized spacial score (nSPS) is 19.2. The predicted molar refractivity (Wildman–Crippen MR) is 119 cm³/mol. The van der Waals surface area contributed by atoms with Gasteiger partial charge in [0.05, 0.1) is 7.11 Å². The molecule has 5 nitrogen and oxygen atoms in total. The summed E-state index contributed by atoms with van der Waals surface area (Å²) in [5.41, 5.74) is 4.72. The number of hydrogen-bond acceptors (Lipinski definition) is 5. The average molecular weight is 420 g/mol. The Balaban J connectivity index is 1.89. The Morgan fingerprint density at radius 1 is 1.03 bits per heavy atom. The number of methoxy groups -OCH3 is 1. The van der Waals surface area contributed by atoms with E-state index < -0.39 is 0 Å². The standard InChI is InChI=1S/C26H29NO4/c1-4-14-27-18-8-6-10-20(28)25(18)24(26-19(27)9-7-11-21(26)29)17-12-13-22(31-15-5-2)23(16-17)30-3/h2,12-13,16,24H,4,6-11,14-15H2,1,3H3. The summed E-state index contributed by atoms with van der Waals surface area (Å²) in [7, 11) is 1.58. The smallest absolute Gasteiger partial charge is 0.162 e. The van der Waals surface area contributed by atoms with Crippen LogP contribution in [0.4, 0.5) is 0 Å². The number of hydrogen-bond donors (Lipinski definition) is 0. The van der Waals surface area contributed by atoms with Crippen molar-refractivity contribution in [2.24, 2.45) is 0 Å². The second-order valence-corrected chi connectivity index (χ2v) is 8.26. The fourth-order valence-electron chi connectivity index (χ4n) is 5.15. The molecule has 0 saturated heterocycles. The van der Waals surface area contributed by atoms with E-state index in [-0.39, 0.29) is 24.1 Å². The van der Waals surface area contributed by atoms with Crippen LogP contribution in [0.1, 0.15) is 63.4 Å². The minimum atomic E-state index is -0.339. The molecule has 0 bridgehead atoms. The van der Waals surface area contributed by atoms with Gasteiger partial charge in [-0.15, -0.1) is 6.42 Å². The average Bonchev–Trinajstić information content (AvgIpc) is 2.78. The first-order valence-corrected chi connectivity index (χ1v) is 11.1. The van der Waals surface area contributed by atoms with Crippen LogP contribution in [-0.2, 0) is 9.59 Å². The van der Waals surface area contributed by atoms with Gasteiger partial charge in [-0.1, -0.05) is 18.9 Å². The highest BCUT2D eigenvalue weighted by Crippen LogP contribution is 2.50. The van der Waals surface area contributed by atoms with Gasteiger partial charge in [0, 0.05) is 47.8 Å². The van der Waals surface area contributed by atoms with Crippen molar-refractivity contribution < 1.29 is 19.1 Å². The lowest BCUT2D eigenvalue weighted by Gasteiger charge is -2.44. The third-order valence-corrected chi connectivity index (χ3v) is 6.37. The molecule has 0 radical (unpaired) electrons. The van der Waals surface area contributed by atoms with Crippen molar-refractivity contribution in [2.75, 3.05) is 20.3 Å². The van der Waals surface area contributed by atoms with E-state index in [0.717, 1.165) is 66.8 Å². The summed E-state index contributed by atoms with van der Waals surface area (Å²) in [6.45, 7) is 3.13. The van der Waals surface area contributed by atoms with E-state index >= 15 is 0 Å². The third-order valence-electron chi connectivity index (χ3n) is 6.37. The number of rotatable bonds is 6. The van der Waals surface area contributed by atoms with E-state index in [1.165, 1.54) is 0 Å². The molecule has 4 rings (SSSR count). The lowest BCUT2D eigenvalue weighted by molar-refractivity contribution is -0.117. The Hall–Kier alpha value is -3.00. The molecule has 162 valence electrons. The Morgan fingerprint density at radius 3 is 2.23 bits per heavy atom. The van der Waals surface area contributed by atoms with E-state index in [2.05, 4.69) is 17.7 Å². The van der Waals surface area contributed by atoms with Crippen molar-refractivity contribution in [3.63, 3.8) is 0 Å². The molecule has 0 atom stereocenters. The largest absolute Gasteiger partial charge is 0.493 e. The lowest BCUT2D eigenvalue weighted by atomic mass is 9.71. The Bertz CT molecular complexity index is 967. The maximum absolute atomic E-state index is 13.2. The van der Waals surface area contributed by atoms with Crippen LogP contribution in [0.25, 0.3) is 0 Å². The number of nitrogens with zero attached hydrogens (tertiary/aromatic N) is 1. The number of carbonyl (C=O) groups excluding carboxylic acids is 2. The molecular formula is C26H29NO4. The first-order chi connectivity index (χ1) is 15.1. The SMILES string of the molecule is C#CCOc1ccc(C2C3=C(CCCC3=O)N(CCC)C3=C2C(=O)CCC3)cc1OC. The van der Waals surface area contributed by atoms with Crippen molar-refractivity contribution in [1.29, 1.82) is 0 Å². The molecule has 0 aromatic heterocycles. The molecule has 1 aromatic carbocycles. The van der Waals surface area contributed by atoms with Gasteiger partial charge in [-0.2, -0.15) is 0 Å². The van der Waals surface area contributed by atoms with Gasteiger partial charge in [0.2, 0.25) is 0 Å². The topological polar surface area (TPSA) is 55.8 Å². The number of ether oxygens (including phenoxy) is 2. The Kier molecular flexibility index (Phi) is 6.18. The molecular weight excluding hydrogens is 390 g/mol. The predicted octanol–water partition coefficient (Wildman–Crippen LogP) is 4.53. The van der Waals surface area contributed by atoms with Crippen molar-refractivity contribution in [1.82, 2.24) is 4.90 Å². The fraction of sp³-hybridized carbons (Fsp3) is 0.462. The van der Waals surface area contributed by atoms with Gasteiger partial charge in [-0.05, 0) is 49.8 Å². The van der Waals surface area contributed by atoms with Gasteiger partial charge in [0.15, 0.2) is 23.1 Å². The molecule has 2 aliphatic carbocycles. The van der Waals surface area contributed by atoms with E-state index in [4.69, 9.17) is 15.9 Å². The molecule has 0 unspecified atom stereocenters. The van der Waals surface area contributed by atoms with Crippen molar-refractivity contribution in [3.8, 4) is 23.8 Å². The molecule has 0 spiro atoms. The minimum Gasteiger partial charge on any atom is -0.493 e. The molecule has 0 N–H and O–H groups in total. The molecule has 31 heavy (non-hydrogen) atoms. The van der Waals surface area contributed by atoms with Crippen molar-refractivity contribution in [2.45, 2.75) is 57.8 Å². The summed E-state index contributed by atoms with van der Waals surface area (Å²) in [6, 6.07) is 5.66. The van der Waals surface area contributed by atoms with E-state index in [0.29, 0.717) is 24.3 Å². The highest BCUT2D eigenvalue weighted by molar-refractivity contribution is 6.06. The zero-order chi connectivity index (χ0) is 22.0. The monoisotopic (exact) mass is 419 g/mol. The van der Waals surface area contributed by atoms with Crippen LogP contribution in [0.2, 0.25) is 0 Å². The van der Waals surface area contributed by atoms with E-state index in [1.807, 2.05) is 18.2 Å². The molecule has 1 aromatic rings. The van der Waals surface area contributed by atoms with Gasteiger partial charge >= 0.3 is 0 Å². The number of benzene rings is 1. The van der Waals surface area contributed by atoms with Gasteiger partial charge in [0.1, 0.15) is 6.61 Å². The molecule has 1 heterocycles. The van der Waals surface area contributed by atoms with Crippen LogP contribution < -0.4 is 9.47 Å². The molecule has 3 aliphatic rings. The van der Waals surface area contributed by atoms with Gasteiger partial charge in [0.25, 0.3) is 0 Å². The highest BCUT2D eigenvalue weighted by Gasteiger charge is 2.43. The number of Topliss-reactive ketones (excluding diaryl/α,β-unsaturated/α-hetero) is 2. The number of terminal acetylenes is 1.